The summed E-state index contributed by atoms with van der Waals surface area (Å²) in [7, 11) is 0. The summed E-state index contributed by atoms with van der Waals surface area (Å²) >= 11 is 0. The van der Waals surface area contributed by atoms with Crippen LogP contribution in [0.1, 0.15) is 36.8 Å². The van der Waals surface area contributed by atoms with Gasteiger partial charge in [-0.2, -0.15) is 20.1 Å². The van der Waals surface area contributed by atoms with Crippen LogP contribution in [0.15, 0.2) is 53.6 Å². The lowest BCUT2D eigenvalue weighted by Crippen LogP contribution is -2.25. The van der Waals surface area contributed by atoms with Gasteiger partial charge in [-0.25, -0.2) is 9.82 Å². The number of rotatable bonds is 8. The Bertz CT molecular complexity index is 1090. The van der Waals surface area contributed by atoms with Crippen molar-refractivity contribution in [3.05, 3.63) is 65.5 Å². The zero-order chi connectivity index (χ0) is 23.2. The molecule has 0 saturated carbocycles. The van der Waals surface area contributed by atoms with Crippen molar-refractivity contribution in [2.45, 2.75) is 32.3 Å². The zero-order valence-corrected chi connectivity index (χ0v) is 19.0. The molecule has 9 heteroatoms. The molecule has 2 saturated heterocycles. The van der Waals surface area contributed by atoms with Crippen LogP contribution in [0.2, 0.25) is 0 Å². The van der Waals surface area contributed by atoms with Gasteiger partial charge in [-0.1, -0.05) is 18.2 Å². The molecule has 34 heavy (non-hydrogen) atoms. The van der Waals surface area contributed by atoms with E-state index in [1.165, 1.54) is 6.07 Å². The first-order valence-electron chi connectivity index (χ1n) is 11.8. The number of hydrogen-bond acceptors (Lipinski definition) is 8. The maximum absolute atomic E-state index is 13.7. The summed E-state index contributed by atoms with van der Waals surface area (Å²) in [5.41, 5.74) is 4.38. The molecule has 1 N–H and O–H groups in total. The van der Waals surface area contributed by atoms with E-state index in [-0.39, 0.29) is 12.4 Å². The minimum Gasteiger partial charge on any atom is -0.489 e. The van der Waals surface area contributed by atoms with Crippen LogP contribution < -0.4 is 20.0 Å². The van der Waals surface area contributed by atoms with Gasteiger partial charge in [-0.05, 0) is 61.6 Å². The van der Waals surface area contributed by atoms with E-state index in [0.717, 1.165) is 57.4 Å². The second-order valence-corrected chi connectivity index (χ2v) is 8.47. The Labute approximate surface area is 198 Å². The van der Waals surface area contributed by atoms with Gasteiger partial charge in [0.25, 0.3) is 0 Å². The van der Waals surface area contributed by atoms with Crippen LogP contribution in [0.5, 0.6) is 5.75 Å². The molecule has 5 rings (SSSR count). The number of hydrazone groups is 1. The first-order chi connectivity index (χ1) is 16.7. The molecule has 8 nitrogen and oxygen atoms in total. The Morgan fingerprint density at radius 2 is 1.47 bits per heavy atom. The second kappa shape index (κ2) is 10.5. The third-order valence-electron chi connectivity index (χ3n) is 6.00. The van der Waals surface area contributed by atoms with Crippen molar-refractivity contribution in [3.8, 4) is 5.75 Å². The third-order valence-corrected chi connectivity index (χ3v) is 6.00. The highest BCUT2D eigenvalue weighted by molar-refractivity contribution is 5.80. The van der Waals surface area contributed by atoms with Crippen molar-refractivity contribution < 1.29 is 9.13 Å². The lowest BCUT2D eigenvalue weighted by atomic mass is 10.2. The Morgan fingerprint density at radius 3 is 2.09 bits per heavy atom. The monoisotopic (exact) mass is 461 g/mol. The fourth-order valence-electron chi connectivity index (χ4n) is 4.11. The van der Waals surface area contributed by atoms with Crippen LogP contribution in [0.4, 0.5) is 22.2 Å². The molecule has 2 aliphatic rings. The van der Waals surface area contributed by atoms with Crippen molar-refractivity contribution in [3.63, 3.8) is 0 Å². The van der Waals surface area contributed by atoms with Crippen molar-refractivity contribution in [2.75, 3.05) is 41.4 Å². The fourth-order valence-corrected chi connectivity index (χ4v) is 4.11. The van der Waals surface area contributed by atoms with E-state index in [9.17, 15) is 4.39 Å². The molecule has 3 heterocycles. The van der Waals surface area contributed by atoms with Crippen LogP contribution in [-0.4, -0.2) is 47.3 Å². The molecule has 2 aliphatic heterocycles. The van der Waals surface area contributed by atoms with Crippen LogP contribution in [-0.2, 0) is 6.61 Å². The highest BCUT2D eigenvalue weighted by atomic mass is 19.1. The van der Waals surface area contributed by atoms with E-state index in [1.807, 2.05) is 24.3 Å². The quantitative estimate of drug-likeness (QED) is 0.397. The van der Waals surface area contributed by atoms with Crippen molar-refractivity contribution in [1.82, 2.24) is 15.0 Å². The molecule has 2 aromatic carbocycles. The Kier molecular flexibility index (Phi) is 6.78. The maximum Gasteiger partial charge on any atom is 0.250 e. The van der Waals surface area contributed by atoms with E-state index in [4.69, 9.17) is 9.72 Å². The van der Waals surface area contributed by atoms with E-state index < -0.39 is 0 Å². The molecule has 0 atom stereocenters. The number of anilines is 3. The van der Waals surface area contributed by atoms with Crippen molar-refractivity contribution in [1.29, 1.82) is 0 Å². The summed E-state index contributed by atoms with van der Waals surface area (Å²) in [5.74, 6) is 2.26. The molecule has 0 amide bonds. The van der Waals surface area contributed by atoms with Gasteiger partial charge in [0.2, 0.25) is 17.8 Å². The van der Waals surface area contributed by atoms with Gasteiger partial charge in [0.1, 0.15) is 18.2 Å². The molecule has 1 aromatic heterocycles. The average Bonchev–Trinajstić information content (AvgIpc) is 3.59. The van der Waals surface area contributed by atoms with E-state index in [2.05, 4.69) is 30.3 Å². The summed E-state index contributed by atoms with van der Waals surface area (Å²) < 4.78 is 19.4. The number of halogens is 1. The number of nitrogens with one attached hydrogen (secondary N) is 1. The van der Waals surface area contributed by atoms with Gasteiger partial charge in [0.15, 0.2) is 0 Å². The average molecular weight is 462 g/mol. The molecular formula is C25H28FN7O. The molecule has 0 bridgehead atoms. The normalized spacial score (nSPS) is 15.9. The molecule has 3 aromatic rings. The predicted octanol–water partition coefficient (Wildman–Crippen LogP) is 4.24. The van der Waals surface area contributed by atoms with Gasteiger partial charge in [0, 0.05) is 31.7 Å². The lowest BCUT2D eigenvalue weighted by Gasteiger charge is -2.20. The second-order valence-electron chi connectivity index (χ2n) is 8.47. The molecule has 0 unspecified atom stereocenters. The van der Waals surface area contributed by atoms with Crippen LogP contribution in [0.3, 0.4) is 0 Å². The number of ether oxygens (including phenoxy) is 1. The molecule has 176 valence electrons. The number of hydrogen-bond donors (Lipinski definition) is 1. The number of nitrogens with zero attached hydrogens (tertiary/aromatic N) is 6. The van der Waals surface area contributed by atoms with Crippen molar-refractivity contribution in [2.24, 2.45) is 5.10 Å². The van der Waals surface area contributed by atoms with Crippen LogP contribution >= 0.6 is 0 Å². The zero-order valence-electron chi connectivity index (χ0n) is 19.0. The molecular weight excluding hydrogens is 433 g/mol. The minimum absolute atomic E-state index is 0.180. The van der Waals surface area contributed by atoms with Crippen LogP contribution in [0.25, 0.3) is 0 Å². The topological polar surface area (TPSA) is 78.8 Å². The van der Waals surface area contributed by atoms with Crippen LogP contribution in [0, 0.1) is 5.82 Å². The largest absolute Gasteiger partial charge is 0.489 e. The van der Waals surface area contributed by atoms with E-state index in [1.54, 1.807) is 24.4 Å². The minimum atomic E-state index is -0.267. The van der Waals surface area contributed by atoms with Gasteiger partial charge < -0.3 is 14.5 Å². The van der Waals surface area contributed by atoms with Gasteiger partial charge in [0.05, 0.1) is 6.21 Å². The summed E-state index contributed by atoms with van der Waals surface area (Å²) in [4.78, 5) is 18.3. The first-order valence-corrected chi connectivity index (χ1v) is 11.8. The SMILES string of the molecule is Fc1ccccc1COc1ccc(/C=N\Nc2nc(N3CCCC3)nc(N3CCCC3)n2)cc1. The molecule has 0 radical (unpaired) electrons. The van der Waals surface area contributed by atoms with Gasteiger partial charge >= 0.3 is 0 Å². The molecule has 0 aliphatic carbocycles. The summed E-state index contributed by atoms with van der Waals surface area (Å²) in [6.45, 7) is 4.06. The number of aromatic nitrogens is 3. The summed E-state index contributed by atoms with van der Waals surface area (Å²) in [5, 5.41) is 4.33. The lowest BCUT2D eigenvalue weighted by molar-refractivity contribution is 0.300. The predicted molar refractivity (Wildman–Crippen MR) is 131 cm³/mol. The summed E-state index contributed by atoms with van der Waals surface area (Å²) in [6.07, 6.45) is 6.34. The summed E-state index contributed by atoms with van der Waals surface area (Å²) in [6, 6.07) is 14.1. The van der Waals surface area contributed by atoms with Crippen molar-refractivity contribution >= 4 is 24.1 Å². The Morgan fingerprint density at radius 1 is 0.853 bits per heavy atom. The Balaban J connectivity index is 1.23. The Hall–Kier alpha value is -3.75. The fraction of sp³-hybridized carbons (Fsp3) is 0.360. The standard InChI is InChI=1S/C25H28FN7O/c26-22-8-2-1-7-20(22)18-34-21-11-9-19(10-12-21)17-27-31-23-28-24(32-13-3-4-14-32)30-25(29-23)33-15-5-6-16-33/h1-2,7-12,17H,3-6,13-16,18H2,(H,28,29,30,31)/b27-17-. The van der Waals surface area contributed by atoms with E-state index in [0.29, 0.717) is 29.2 Å². The molecule has 2 fully saturated rings. The highest BCUT2D eigenvalue weighted by Crippen LogP contribution is 2.23. The molecule has 0 spiro atoms. The third kappa shape index (κ3) is 5.41. The highest BCUT2D eigenvalue weighted by Gasteiger charge is 2.21. The van der Waals surface area contributed by atoms with E-state index >= 15 is 0 Å². The maximum atomic E-state index is 13.7. The first kappa shape index (κ1) is 22.1. The van der Waals surface area contributed by atoms with Gasteiger partial charge in [-0.3, -0.25) is 0 Å². The van der Waals surface area contributed by atoms with Gasteiger partial charge in [-0.15, -0.1) is 0 Å². The number of benzene rings is 2. The smallest absolute Gasteiger partial charge is 0.250 e.